The van der Waals surface area contributed by atoms with Gasteiger partial charge in [0.2, 0.25) is 0 Å². The highest BCUT2D eigenvalue weighted by Crippen LogP contribution is 2.11. The van der Waals surface area contributed by atoms with Crippen molar-refractivity contribution in [1.29, 1.82) is 0 Å². The van der Waals surface area contributed by atoms with Gasteiger partial charge in [0.15, 0.2) is 0 Å². The number of rotatable bonds is 6. The van der Waals surface area contributed by atoms with Crippen LogP contribution in [0.3, 0.4) is 0 Å². The standard InChI is InChI=1S/C13H19NO/c1-4-5-11(2)14-10-12-6-8-13(15-3)9-7-12/h4,6-9,11,14H,1,5,10H2,2-3H3/t11-/m0/s1. The van der Waals surface area contributed by atoms with Gasteiger partial charge < -0.3 is 10.1 Å². The van der Waals surface area contributed by atoms with E-state index in [-0.39, 0.29) is 0 Å². The van der Waals surface area contributed by atoms with E-state index in [9.17, 15) is 0 Å². The number of benzene rings is 1. The SMILES string of the molecule is C=CC[C@H](C)NCc1ccc(OC)cc1. The predicted octanol–water partition coefficient (Wildman–Crippen LogP) is 2.75. The van der Waals surface area contributed by atoms with Gasteiger partial charge in [0.1, 0.15) is 5.75 Å². The molecule has 0 aromatic heterocycles. The Kier molecular flexibility index (Phi) is 4.91. The Bertz CT molecular complexity index is 292. The summed E-state index contributed by atoms with van der Waals surface area (Å²) in [6.07, 6.45) is 2.93. The summed E-state index contributed by atoms with van der Waals surface area (Å²) in [6, 6.07) is 8.59. The topological polar surface area (TPSA) is 21.3 Å². The first-order valence-corrected chi connectivity index (χ1v) is 5.23. The first-order chi connectivity index (χ1) is 7.26. The Hall–Kier alpha value is -1.28. The van der Waals surface area contributed by atoms with E-state index < -0.39 is 0 Å². The summed E-state index contributed by atoms with van der Waals surface area (Å²) in [5.74, 6) is 0.901. The van der Waals surface area contributed by atoms with Gasteiger partial charge in [0.05, 0.1) is 7.11 Å². The van der Waals surface area contributed by atoms with E-state index >= 15 is 0 Å². The van der Waals surface area contributed by atoms with Crippen LogP contribution in [-0.2, 0) is 6.54 Å². The molecule has 1 aromatic carbocycles. The van der Waals surface area contributed by atoms with Crippen molar-refractivity contribution in [2.75, 3.05) is 7.11 Å². The molecule has 1 rings (SSSR count). The summed E-state index contributed by atoms with van der Waals surface area (Å²) in [6.45, 7) is 6.77. The van der Waals surface area contributed by atoms with Gasteiger partial charge in [-0.25, -0.2) is 0 Å². The average molecular weight is 205 g/mol. The fourth-order valence-electron chi connectivity index (χ4n) is 1.37. The van der Waals surface area contributed by atoms with Crippen molar-refractivity contribution in [3.05, 3.63) is 42.5 Å². The molecule has 0 aliphatic rings. The minimum absolute atomic E-state index is 0.476. The lowest BCUT2D eigenvalue weighted by Gasteiger charge is -2.11. The average Bonchev–Trinajstić information content (AvgIpc) is 2.27. The van der Waals surface area contributed by atoms with Crippen LogP contribution in [0.4, 0.5) is 0 Å². The van der Waals surface area contributed by atoms with Crippen LogP contribution in [0.1, 0.15) is 18.9 Å². The Morgan fingerprint density at radius 3 is 2.60 bits per heavy atom. The van der Waals surface area contributed by atoms with Crippen molar-refractivity contribution in [1.82, 2.24) is 5.32 Å². The number of hydrogen-bond acceptors (Lipinski definition) is 2. The summed E-state index contributed by atoms with van der Waals surface area (Å²) in [4.78, 5) is 0. The van der Waals surface area contributed by atoms with E-state index in [1.165, 1.54) is 5.56 Å². The van der Waals surface area contributed by atoms with Crippen molar-refractivity contribution in [3.63, 3.8) is 0 Å². The maximum atomic E-state index is 5.10. The third kappa shape index (κ3) is 4.17. The second kappa shape index (κ2) is 6.25. The highest BCUT2D eigenvalue weighted by atomic mass is 16.5. The van der Waals surface area contributed by atoms with E-state index in [1.54, 1.807) is 7.11 Å². The largest absolute Gasteiger partial charge is 0.497 e. The van der Waals surface area contributed by atoms with E-state index in [1.807, 2.05) is 18.2 Å². The van der Waals surface area contributed by atoms with Crippen molar-refractivity contribution in [3.8, 4) is 5.75 Å². The van der Waals surface area contributed by atoms with Gasteiger partial charge in [-0.3, -0.25) is 0 Å². The van der Waals surface area contributed by atoms with Crippen molar-refractivity contribution in [2.45, 2.75) is 25.9 Å². The quantitative estimate of drug-likeness (QED) is 0.721. The van der Waals surface area contributed by atoms with Crippen LogP contribution in [0.5, 0.6) is 5.75 Å². The third-order valence-electron chi connectivity index (χ3n) is 2.33. The molecule has 0 heterocycles. The van der Waals surface area contributed by atoms with E-state index in [0.717, 1.165) is 18.7 Å². The van der Waals surface area contributed by atoms with Gasteiger partial charge in [-0.05, 0) is 31.0 Å². The smallest absolute Gasteiger partial charge is 0.118 e. The zero-order valence-electron chi connectivity index (χ0n) is 9.49. The van der Waals surface area contributed by atoms with Gasteiger partial charge in [0.25, 0.3) is 0 Å². The van der Waals surface area contributed by atoms with Crippen LogP contribution >= 0.6 is 0 Å². The van der Waals surface area contributed by atoms with Crippen LogP contribution in [0, 0.1) is 0 Å². The molecular weight excluding hydrogens is 186 g/mol. The zero-order chi connectivity index (χ0) is 11.1. The first kappa shape index (κ1) is 11.8. The number of methoxy groups -OCH3 is 1. The monoisotopic (exact) mass is 205 g/mol. The van der Waals surface area contributed by atoms with Gasteiger partial charge >= 0.3 is 0 Å². The zero-order valence-corrected chi connectivity index (χ0v) is 9.49. The molecule has 0 saturated carbocycles. The summed E-state index contributed by atoms with van der Waals surface area (Å²) < 4.78 is 5.10. The van der Waals surface area contributed by atoms with Crippen molar-refractivity contribution < 1.29 is 4.74 Å². The van der Waals surface area contributed by atoms with Crippen LogP contribution in [0.25, 0.3) is 0 Å². The lowest BCUT2D eigenvalue weighted by Crippen LogP contribution is -2.24. The maximum absolute atomic E-state index is 5.10. The fourth-order valence-corrected chi connectivity index (χ4v) is 1.37. The Morgan fingerprint density at radius 1 is 1.40 bits per heavy atom. The maximum Gasteiger partial charge on any atom is 0.118 e. The van der Waals surface area contributed by atoms with Gasteiger partial charge in [-0.1, -0.05) is 18.2 Å². The van der Waals surface area contributed by atoms with Crippen LogP contribution in [-0.4, -0.2) is 13.2 Å². The van der Waals surface area contributed by atoms with Gasteiger partial charge in [-0.2, -0.15) is 0 Å². The van der Waals surface area contributed by atoms with Crippen LogP contribution in [0.2, 0.25) is 0 Å². The fraction of sp³-hybridized carbons (Fsp3) is 0.385. The van der Waals surface area contributed by atoms with Crippen LogP contribution < -0.4 is 10.1 Å². The second-order valence-electron chi connectivity index (χ2n) is 3.65. The summed E-state index contributed by atoms with van der Waals surface area (Å²) in [5, 5.41) is 3.43. The predicted molar refractivity (Wildman–Crippen MR) is 64.1 cm³/mol. The highest BCUT2D eigenvalue weighted by Gasteiger charge is 1.99. The molecule has 1 atom stereocenters. The normalized spacial score (nSPS) is 12.1. The van der Waals surface area contributed by atoms with Gasteiger partial charge in [-0.15, -0.1) is 6.58 Å². The molecule has 0 saturated heterocycles. The number of ether oxygens (including phenoxy) is 1. The molecule has 0 bridgehead atoms. The lowest BCUT2D eigenvalue weighted by molar-refractivity contribution is 0.414. The number of hydrogen-bond donors (Lipinski definition) is 1. The molecule has 2 heteroatoms. The molecule has 0 unspecified atom stereocenters. The second-order valence-corrected chi connectivity index (χ2v) is 3.65. The molecule has 1 N–H and O–H groups in total. The Labute approximate surface area is 92.0 Å². The lowest BCUT2D eigenvalue weighted by atomic mass is 10.2. The summed E-state index contributed by atoms with van der Waals surface area (Å²) >= 11 is 0. The molecule has 1 aromatic rings. The third-order valence-corrected chi connectivity index (χ3v) is 2.33. The molecule has 0 spiro atoms. The van der Waals surface area contributed by atoms with Crippen molar-refractivity contribution in [2.24, 2.45) is 0 Å². The molecular formula is C13H19NO. The minimum Gasteiger partial charge on any atom is -0.497 e. The first-order valence-electron chi connectivity index (χ1n) is 5.23. The Balaban J connectivity index is 2.40. The van der Waals surface area contributed by atoms with Crippen LogP contribution in [0.15, 0.2) is 36.9 Å². The Morgan fingerprint density at radius 2 is 2.07 bits per heavy atom. The summed E-state index contributed by atoms with van der Waals surface area (Å²) in [5.41, 5.74) is 1.27. The van der Waals surface area contributed by atoms with Gasteiger partial charge in [0, 0.05) is 12.6 Å². The van der Waals surface area contributed by atoms with E-state index in [2.05, 4.69) is 31.0 Å². The molecule has 0 radical (unpaired) electrons. The molecule has 0 fully saturated rings. The molecule has 0 amide bonds. The highest BCUT2D eigenvalue weighted by molar-refractivity contribution is 5.27. The molecule has 15 heavy (non-hydrogen) atoms. The number of nitrogens with one attached hydrogen (secondary N) is 1. The molecule has 0 aliphatic carbocycles. The summed E-state index contributed by atoms with van der Waals surface area (Å²) in [7, 11) is 1.68. The van der Waals surface area contributed by atoms with E-state index in [0.29, 0.717) is 6.04 Å². The molecule has 2 nitrogen and oxygen atoms in total. The van der Waals surface area contributed by atoms with E-state index in [4.69, 9.17) is 4.74 Å². The molecule has 0 aliphatic heterocycles. The van der Waals surface area contributed by atoms with Crippen molar-refractivity contribution >= 4 is 0 Å². The molecule has 82 valence electrons. The minimum atomic E-state index is 0.476.